The van der Waals surface area contributed by atoms with Crippen molar-refractivity contribution in [3.05, 3.63) is 95.0 Å². The molecule has 0 bridgehead atoms. The first kappa shape index (κ1) is 27.4. The number of sulfonamides is 1. The Hall–Kier alpha value is -3.17. The van der Waals surface area contributed by atoms with Crippen LogP contribution in [0.25, 0.3) is 0 Å². The number of carbonyl (C=O) groups is 2. The van der Waals surface area contributed by atoms with Crippen LogP contribution in [0.4, 0.5) is 5.69 Å². The third-order valence-electron chi connectivity index (χ3n) is 5.52. The van der Waals surface area contributed by atoms with Crippen LogP contribution >= 0.6 is 15.9 Å². The number of hydrogen-bond acceptors (Lipinski definition) is 4. The van der Waals surface area contributed by atoms with Gasteiger partial charge in [0, 0.05) is 17.1 Å². The molecule has 3 aromatic carbocycles. The number of nitrogens with one attached hydrogen (secondary N) is 1. The molecule has 36 heavy (non-hydrogen) atoms. The lowest BCUT2D eigenvalue weighted by Crippen LogP contribution is -2.52. The second kappa shape index (κ2) is 12.2. The fraction of sp³-hybridized carbons (Fsp3) is 0.259. The lowest BCUT2D eigenvalue weighted by Gasteiger charge is -2.32. The molecule has 1 N–H and O–H groups in total. The molecule has 9 heteroatoms. The summed E-state index contributed by atoms with van der Waals surface area (Å²) in [6, 6.07) is 23.1. The number of hydrogen-bond donors (Lipinski definition) is 1. The second-order valence-corrected chi connectivity index (χ2v) is 11.4. The van der Waals surface area contributed by atoms with E-state index in [1.807, 2.05) is 44.2 Å². The van der Waals surface area contributed by atoms with Gasteiger partial charge in [0.25, 0.3) is 10.0 Å². The maximum Gasteiger partial charge on any atom is 0.264 e. The molecule has 0 radical (unpaired) electrons. The van der Waals surface area contributed by atoms with Crippen LogP contribution in [0.15, 0.2) is 94.3 Å². The molecule has 1 unspecified atom stereocenters. The van der Waals surface area contributed by atoms with Gasteiger partial charge >= 0.3 is 0 Å². The maximum atomic E-state index is 13.7. The van der Waals surface area contributed by atoms with Crippen LogP contribution in [0.5, 0.6) is 0 Å². The zero-order valence-corrected chi connectivity index (χ0v) is 22.9. The topological polar surface area (TPSA) is 86.8 Å². The molecule has 0 heterocycles. The molecule has 3 aromatic rings. The zero-order valence-electron chi connectivity index (χ0n) is 20.5. The summed E-state index contributed by atoms with van der Waals surface area (Å²) >= 11 is 3.37. The monoisotopic (exact) mass is 571 g/mol. The summed E-state index contributed by atoms with van der Waals surface area (Å²) in [5.74, 6) is -0.803. The average molecular weight is 573 g/mol. The molecule has 7 nitrogen and oxygen atoms in total. The van der Waals surface area contributed by atoms with E-state index in [0.717, 1.165) is 14.3 Å². The van der Waals surface area contributed by atoms with Gasteiger partial charge in [-0.1, -0.05) is 64.5 Å². The Bertz CT molecular complexity index is 1270. The van der Waals surface area contributed by atoms with Crippen molar-refractivity contribution in [2.24, 2.45) is 0 Å². The molecule has 0 aliphatic heterocycles. The molecule has 0 aliphatic rings. The first-order valence-electron chi connectivity index (χ1n) is 11.6. The highest BCUT2D eigenvalue weighted by Crippen LogP contribution is 2.26. The fourth-order valence-corrected chi connectivity index (χ4v) is 5.32. The van der Waals surface area contributed by atoms with Crippen LogP contribution in [0.1, 0.15) is 26.3 Å². The van der Waals surface area contributed by atoms with E-state index in [1.54, 1.807) is 49.4 Å². The lowest BCUT2D eigenvalue weighted by molar-refractivity contribution is -0.139. The minimum absolute atomic E-state index is 0.0703. The van der Waals surface area contributed by atoms with Crippen molar-refractivity contribution in [2.75, 3.05) is 10.8 Å². The van der Waals surface area contributed by atoms with Crippen molar-refractivity contribution < 1.29 is 18.0 Å². The quantitative estimate of drug-likeness (QED) is 0.385. The van der Waals surface area contributed by atoms with Gasteiger partial charge in [-0.25, -0.2) is 8.42 Å². The van der Waals surface area contributed by atoms with E-state index >= 15 is 0 Å². The van der Waals surface area contributed by atoms with Crippen LogP contribution < -0.4 is 9.62 Å². The molecule has 2 amide bonds. The highest BCUT2D eigenvalue weighted by atomic mass is 79.9. The number of carbonyl (C=O) groups excluding carboxylic acids is 2. The van der Waals surface area contributed by atoms with Crippen molar-refractivity contribution in [2.45, 2.75) is 44.3 Å². The van der Waals surface area contributed by atoms with Crippen molar-refractivity contribution in [3.8, 4) is 0 Å². The number of amides is 2. The van der Waals surface area contributed by atoms with Gasteiger partial charge in [0.2, 0.25) is 11.8 Å². The van der Waals surface area contributed by atoms with Gasteiger partial charge in [0.15, 0.2) is 0 Å². The maximum absolute atomic E-state index is 13.7. The van der Waals surface area contributed by atoms with Gasteiger partial charge in [-0.2, -0.15) is 0 Å². The SMILES string of the molecule is CC(C)NC(=O)C(C)N(Cc1ccccc1)C(=O)CN(c1ccc(Br)cc1)S(=O)(=O)c1ccccc1. The minimum atomic E-state index is -4.06. The summed E-state index contributed by atoms with van der Waals surface area (Å²) in [7, 11) is -4.06. The van der Waals surface area contributed by atoms with Crippen LogP contribution in [0.2, 0.25) is 0 Å². The highest BCUT2D eigenvalue weighted by Gasteiger charge is 2.32. The first-order chi connectivity index (χ1) is 17.1. The van der Waals surface area contributed by atoms with Crippen LogP contribution in [-0.4, -0.2) is 43.8 Å². The molecule has 0 spiro atoms. The number of halogens is 1. The Balaban J connectivity index is 2.00. The van der Waals surface area contributed by atoms with Gasteiger partial charge in [-0.05, 0) is 62.7 Å². The summed E-state index contributed by atoms with van der Waals surface area (Å²) < 4.78 is 29.2. The third kappa shape index (κ3) is 6.95. The molecule has 0 saturated carbocycles. The molecule has 0 aromatic heterocycles. The van der Waals surface area contributed by atoms with E-state index in [0.29, 0.717) is 5.69 Å². The second-order valence-electron chi connectivity index (χ2n) is 8.65. The number of benzene rings is 3. The van der Waals surface area contributed by atoms with Crippen LogP contribution in [0.3, 0.4) is 0 Å². The minimum Gasteiger partial charge on any atom is -0.352 e. The molecular weight excluding hydrogens is 542 g/mol. The summed E-state index contributed by atoms with van der Waals surface area (Å²) in [5, 5.41) is 2.84. The summed E-state index contributed by atoms with van der Waals surface area (Å²) in [4.78, 5) is 28.1. The van der Waals surface area contributed by atoms with Crippen molar-refractivity contribution in [1.29, 1.82) is 0 Å². The van der Waals surface area contributed by atoms with Crippen molar-refractivity contribution >= 4 is 43.5 Å². The molecule has 1 atom stereocenters. The summed E-state index contributed by atoms with van der Waals surface area (Å²) in [6.07, 6.45) is 0. The number of anilines is 1. The van der Waals surface area contributed by atoms with Crippen LogP contribution in [-0.2, 0) is 26.2 Å². The number of nitrogens with zero attached hydrogens (tertiary/aromatic N) is 2. The predicted molar refractivity (Wildman–Crippen MR) is 145 cm³/mol. The van der Waals surface area contributed by atoms with E-state index in [1.165, 1.54) is 17.0 Å². The van der Waals surface area contributed by atoms with Gasteiger partial charge in [-0.3, -0.25) is 13.9 Å². The largest absolute Gasteiger partial charge is 0.352 e. The van der Waals surface area contributed by atoms with Gasteiger partial charge in [0.1, 0.15) is 12.6 Å². The normalized spacial score (nSPS) is 12.1. The number of rotatable bonds is 10. The first-order valence-corrected chi connectivity index (χ1v) is 13.8. The Kier molecular flexibility index (Phi) is 9.28. The van der Waals surface area contributed by atoms with Crippen molar-refractivity contribution in [1.82, 2.24) is 10.2 Å². The van der Waals surface area contributed by atoms with E-state index < -0.39 is 28.5 Å². The lowest BCUT2D eigenvalue weighted by atomic mass is 10.1. The van der Waals surface area contributed by atoms with Gasteiger partial charge < -0.3 is 10.2 Å². The highest BCUT2D eigenvalue weighted by molar-refractivity contribution is 9.10. The third-order valence-corrected chi connectivity index (χ3v) is 7.84. The standard InChI is InChI=1S/C27H30BrN3O4S/c1-20(2)29-27(33)21(3)30(18-22-10-6-4-7-11-22)26(32)19-31(24-16-14-23(28)15-17-24)36(34,35)25-12-8-5-9-13-25/h4-17,20-21H,18-19H2,1-3H3,(H,29,33). The molecule has 0 saturated heterocycles. The Morgan fingerprint density at radius 3 is 1.97 bits per heavy atom. The zero-order chi connectivity index (χ0) is 26.3. The molecule has 190 valence electrons. The fourth-order valence-electron chi connectivity index (χ4n) is 3.62. The van der Waals surface area contributed by atoms with Crippen molar-refractivity contribution in [3.63, 3.8) is 0 Å². The summed E-state index contributed by atoms with van der Waals surface area (Å²) in [5.41, 5.74) is 1.17. The van der Waals surface area contributed by atoms with Gasteiger partial charge in [0.05, 0.1) is 10.6 Å². The smallest absolute Gasteiger partial charge is 0.264 e. The van der Waals surface area contributed by atoms with E-state index in [4.69, 9.17) is 0 Å². The van der Waals surface area contributed by atoms with Crippen LogP contribution in [0, 0.1) is 0 Å². The predicted octanol–water partition coefficient (Wildman–Crippen LogP) is 4.59. The van der Waals surface area contributed by atoms with E-state index in [9.17, 15) is 18.0 Å². The van der Waals surface area contributed by atoms with Gasteiger partial charge in [-0.15, -0.1) is 0 Å². The molecular formula is C27H30BrN3O4S. The van der Waals surface area contributed by atoms with E-state index in [-0.39, 0.29) is 23.4 Å². The molecule has 0 fully saturated rings. The molecule has 0 aliphatic carbocycles. The Labute approximate surface area is 221 Å². The Morgan fingerprint density at radius 1 is 0.861 bits per heavy atom. The molecule has 3 rings (SSSR count). The summed E-state index contributed by atoms with van der Waals surface area (Å²) in [6.45, 7) is 5.02. The van der Waals surface area contributed by atoms with E-state index in [2.05, 4.69) is 21.2 Å². The average Bonchev–Trinajstić information content (AvgIpc) is 2.86. The Morgan fingerprint density at radius 2 is 1.42 bits per heavy atom.